The fourth-order valence-electron chi connectivity index (χ4n) is 3.70. The van der Waals surface area contributed by atoms with Gasteiger partial charge in [0.15, 0.2) is 0 Å². The highest BCUT2D eigenvalue weighted by Crippen LogP contribution is 2.26. The van der Waals surface area contributed by atoms with Gasteiger partial charge < -0.3 is 31.1 Å². The number of carbonyl (C=O) groups is 3. The molecule has 0 aliphatic rings. The molecule has 10 nitrogen and oxygen atoms in total. The van der Waals surface area contributed by atoms with Crippen molar-refractivity contribution in [3.8, 4) is 5.75 Å². The number of aromatic nitrogens is 2. The molecular formula is C24H29N5O5. The highest BCUT2D eigenvalue weighted by molar-refractivity contribution is 6.01. The van der Waals surface area contributed by atoms with Crippen molar-refractivity contribution in [1.29, 1.82) is 0 Å². The Hall–Kier alpha value is -4.08. The SMILES string of the molecule is COc1cccc2[nH]c(C(=O)NC(CC(C)C)C(=O)NC(Cc3ccc[nH]c3=O)C(N)=O)cc12. The smallest absolute Gasteiger partial charge is 0.268 e. The van der Waals surface area contributed by atoms with Gasteiger partial charge in [-0.3, -0.25) is 19.2 Å². The number of amides is 3. The van der Waals surface area contributed by atoms with Crippen molar-refractivity contribution in [1.82, 2.24) is 20.6 Å². The number of nitrogens with two attached hydrogens (primary N) is 1. The molecule has 2 unspecified atom stereocenters. The first-order valence-electron chi connectivity index (χ1n) is 10.9. The number of pyridine rings is 1. The number of hydrogen-bond donors (Lipinski definition) is 5. The summed E-state index contributed by atoms with van der Waals surface area (Å²) in [5, 5.41) is 6.07. The molecule has 0 spiro atoms. The van der Waals surface area contributed by atoms with Crippen LogP contribution in [0.25, 0.3) is 10.9 Å². The molecule has 0 saturated heterocycles. The number of methoxy groups -OCH3 is 1. The van der Waals surface area contributed by atoms with Crippen LogP contribution in [0.2, 0.25) is 0 Å². The molecule has 10 heteroatoms. The zero-order chi connectivity index (χ0) is 24.8. The van der Waals surface area contributed by atoms with Gasteiger partial charge in [0.2, 0.25) is 11.8 Å². The van der Waals surface area contributed by atoms with Crippen molar-refractivity contribution >= 4 is 28.6 Å². The largest absolute Gasteiger partial charge is 0.496 e. The summed E-state index contributed by atoms with van der Waals surface area (Å²) in [6, 6.07) is 8.20. The zero-order valence-corrected chi connectivity index (χ0v) is 19.3. The summed E-state index contributed by atoms with van der Waals surface area (Å²) >= 11 is 0. The summed E-state index contributed by atoms with van der Waals surface area (Å²) in [6.45, 7) is 3.82. The van der Waals surface area contributed by atoms with Crippen molar-refractivity contribution in [3.63, 3.8) is 0 Å². The highest BCUT2D eigenvalue weighted by Gasteiger charge is 2.28. The Morgan fingerprint density at radius 3 is 2.50 bits per heavy atom. The van der Waals surface area contributed by atoms with Gasteiger partial charge in [0.1, 0.15) is 23.5 Å². The summed E-state index contributed by atoms with van der Waals surface area (Å²) in [5.74, 6) is -1.14. The standard InChI is InChI=1S/C24H29N5O5/c1-13(2)10-18(23(32)28-17(21(25)30)11-14-6-5-9-26-22(14)31)29-24(33)19-12-15-16(27-19)7-4-8-20(15)34-3/h4-9,12-13,17-18,27H,10-11H2,1-3H3,(H2,25,30)(H,26,31)(H,28,32)(H,29,33). The minimum atomic E-state index is -1.11. The van der Waals surface area contributed by atoms with Crippen LogP contribution < -0.4 is 26.7 Å². The summed E-state index contributed by atoms with van der Waals surface area (Å²) in [5.41, 5.74) is 6.40. The van der Waals surface area contributed by atoms with Crippen LogP contribution in [0, 0.1) is 5.92 Å². The lowest BCUT2D eigenvalue weighted by Crippen LogP contribution is -2.54. The average molecular weight is 468 g/mol. The molecule has 3 aromatic rings. The second kappa shape index (κ2) is 10.7. The van der Waals surface area contributed by atoms with Crippen LogP contribution in [0.15, 0.2) is 47.4 Å². The predicted molar refractivity (Wildman–Crippen MR) is 127 cm³/mol. The Labute approximate surface area is 196 Å². The van der Waals surface area contributed by atoms with Crippen molar-refractivity contribution in [2.24, 2.45) is 11.7 Å². The number of fused-ring (bicyclic) bond motifs is 1. The maximum absolute atomic E-state index is 13.1. The summed E-state index contributed by atoms with van der Waals surface area (Å²) in [4.78, 5) is 55.5. The molecule has 180 valence electrons. The number of nitrogens with one attached hydrogen (secondary N) is 4. The number of aromatic amines is 2. The first-order chi connectivity index (χ1) is 16.2. The topological polar surface area (TPSA) is 159 Å². The quantitative estimate of drug-likeness (QED) is 0.303. The third-order valence-electron chi connectivity index (χ3n) is 5.40. The molecule has 34 heavy (non-hydrogen) atoms. The lowest BCUT2D eigenvalue weighted by molar-refractivity contribution is -0.128. The van der Waals surface area contributed by atoms with Gasteiger partial charge in [0.25, 0.3) is 11.5 Å². The van der Waals surface area contributed by atoms with Gasteiger partial charge in [-0.2, -0.15) is 0 Å². The minimum absolute atomic E-state index is 0.0681. The number of hydrogen-bond acceptors (Lipinski definition) is 5. The average Bonchev–Trinajstić information content (AvgIpc) is 3.23. The molecule has 1 aromatic carbocycles. The van der Waals surface area contributed by atoms with Gasteiger partial charge in [-0.05, 0) is 36.6 Å². The molecule has 0 fully saturated rings. The Kier molecular flexibility index (Phi) is 7.72. The van der Waals surface area contributed by atoms with Crippen molar-refractivity contribution in [2.45, 2.75) is 38.8 Å². The highest BCUT2D eigenvalue weighted by atomic mass is 16.5. The Balaban J connectivity index is 1.78. The van der Waals surface area contributed by atoms with E-state index < -0.39 is 29.8 Å². The number of ether oxygens (including phenoxy) is 1. The lowest BCUT2D eigenvalue weighted by atomic mass is 10.0. The van der Waals surface area contributed by atoms with Gasteiger partial charge in [-0.15, -0.1) is 0 Å². The zero-order valence-electron chi connectivity index (χ0n) is 19.3. The van der Waals surface area contributed by atoms with Crippen molar-refractivity contribution < 1.29 is 19.1 Å². The van der Waals surface area contributed by atoms with E-state index in [0.717, 1.165) is 10.9 Å². The molecule has 2 atom stereocenters. The molecule has 3 rings (SSSR count). The molecule has 0 aliphatic heterocycles. The molecule has 0 saturated carbocycles. The van der Waals surface area contributed by atoms with Crippen LogP contribution in [0.5, 0.6) is 5.75 Å². The van der Waals surface area contributed by atoms with E-state index >= 15 is 0 Å². The maximum Gasteiger partial charge on any atom is 0.268 e. The molecular weight excluding hydrogens is 438 g/mol. The molecule has 2 aromatic heterocycles. The monoisotopic (exact) mass is 467 g/mol. The van der Waals surface area contributed by atoms with E-state index in [0.29, 0.717) is 17.7 Å². The van der Waals surface area contributed by atoms with Gasteiger partial charge in [-0.1, -0.05) is 26.0 Å². The summed E-state index contributed by atoms with van der Waals surface area (Å²) < 4.78 is 5.33. The number of carbonyl (C=O) groups excluding carboxylic acids is 3. The molecule has 0 aliphatic carbocycles. The first kappa shape index (κ1) is 24.6. The predicted octanol–water partition coefficient (Wildman–Crippen LogP) is 1.22. The van der Waals surface area contributed by atoms with Gasteiger partial charge in [-0.25, -0.2) is 0 Å². The summed E-state index contributed by atoms with van der Waals surface area (Å²) in [7, 11) is 1.54. The van der Waals surface area contributed by atoms with Crippen LogP contribution >= 0.6 is 0 Å². The Morgan fingerprint density at radius 1 is 1.09 bits per heavy atom. The third-order valence-corrected chi connectivity index (χ3v) is 5.40. The van der Waals surface area contributed by atoms with E-state index in [9.17, 15) is 19.2 Å². The van der Waals surface area contributed by atoms with E-state index in [2.05, 4.69) is 20.6 Å². The van der Waals surface area contributed by atoms with E-state index in [4.69, 9.17) is 10.5 Å². The van der Waals surface area contributed by atoms with Crippen LogP contribution in [-0.4, -0.2) is 46.9 Å². The number of H-pyrrole nitrogens is 2. The number of primary amides is 1. The Morgan fingerprint density at radius 2 is 1.85 bits per heavy atom. The lowest BCUT2D eigenvalue weighted by Gasteiger charge is -2.23. The van der Waals surface area contributed by atoms with Gasteiger partial charge >= 0.3 is 0 Å². The van der Waals surface area contributed by atoms with Crippen molar-refractivity contribution in [2.75, 3.05) is 7.11 Å². The van der Waals surface area contributed by atoms with Gasteiger partial charge in [0.05, 0.1) is 7.11 Å². The molecule has 6 N–H and O–H groups in total. The number of benzene rings is 1. The van der Waals surface area contributed by atoms with Gasteiger partial charge in [0, 0.05) is 29.1 Å². The second-order valence-electron chi connectivity index (χ2n) is 8.45. The van der Waals surface area contributed by atoms with Crippen LogP contribution in [0.1, 0.15) is 36.3 Å². The fraction of sp³-hybridized carbons (Fsp3) is 0.333. The normalized spacial score (nSPS) is 12.8. The minimum Gasteiger partial charge on any atom is -0.496 e. The molecule has 2 heterocycles. The van der Waals surface area contributed by atoms with E-state index in [1.54, 1.807) is 37.4 Å². The van der Waals surface area contributed by atoms with Crippen LogP contribution in [-0.2, 0) is 16.0 Å². The second-order valence-corrected chi connectivity index (χ2v) is 8.45. The third kappa shape index (κ3) is 5.83. The summed E-state index contributed by atoms with van der Waals surface area (Å²) in [6.07, 6.45) is 1.73. The van der Waals surface area contributed by atoms with E-state index in [-0.39, 0.29) is 23.6 Å². The molecule has 3 amide bonds. The van der Waals surface area contributed by atoms with E-state index in [1.807, 2.05) is 19.9 Å². The molecule has 0 radical (unpaired) electrons. The van der Waals surface area contributed by atoms with Crippen LogP contribution in [0.4, 0.5) is 0 Å². The maximum atomic E-state index is 13.1. The fourth-order valence-corrected chi connectivity index (χ4v) is 3.70. The molecule has 0 bridgehead atoms. The number of rotatable bonds is 10. The Bertz CT molecular complexity index is 1250. The van der Waals surface area contributed by atoms with E-state index in [1.165, 1.54) is 6.20 Å². The first-order valence-corrected chi connectivity index (χ1v) is 10.9. The van der Waals surface area contributed by atoms with Crippen LogP contribution in [0.3, 0.4) is 0 Å². The van der Waals surface area contributed by atoms with Crippen molar-refractivity contribution in [3.05, 3.63) is 64.2 Å².